The standard InChI is InChI=1S/C8H11N3O2/c1-11(2)4-3-7-5-8(9-6-12)10-13-7/h5H,3-4H2,1-2H3. The van der Waals surface area contributed by atoms with Crippen molar-refractivity contribution in [2.75, 3.05) is 20.6 Å². The molecule has 0 saturated heterocycles. The lowest BCUT2D eigenvalue weighted by atomic mass is 10.3. The van der Waals surface area contributed by atoms with Gasteiger partial charge in [0.15, 0.2) is 0 Å². The number of aromatic nitrogens is 1. The van der Waals surface area contributed by atoms with Crippen LogP contribution >= 0.6 is 0 Å². The molecule has 0 bridgehead atoms. The first kappa shape index (κ1) is 9.64. The van der Waals surface area contributed by atoms with Gasteiger partial charge in [0.05, 0.1) is 0 Å². The van der Waals surface area contributed by atoms with Crippen molar-refractivity contribution in [1.82, 2.24) is 10.1 Å². The smallest absolute Gasteiger partial charge is 0.242 e. The molecule has 0 N–H and O–H groups in total. The van der Waals surface area contributed by atoms with Crippen LogP contribution in [0.3, 0.4) is 0 Å². The molecule has 0 aliphatic carbocycles. The highest BCUT2D eigenvalue weighted by Crippen LogP contribution is 2.11. The Bertz CT molecular complexity index is 313. The van der Waals surface area contributed by atoms with Crippen LogP contribution in [0.4, 0.5) is 5.82 Å². The summed E-state index contributed by atoms with van der Waals surface area (Å²) in [4.78, 5) is 15.2. The minimum absolute atomic E-state index is 0.281. The van der Waals surface area contributed by atoms with E-state index >= 15 is 0 Å². The molecule has 1 rings (SSSR count). The molecule has 13 heavy (non-hydrogen) atoms. The van der Waals surface area contributed by atoms with Crippen LogP contribution in [0.2, 0.25) is 0 Å². The molecule has 0 saturated carbocycles. The Kier molecular flexibility index (Phi) is 3.37. The molecular formula is C8H11N3O2. The van der Waals surface area contributed by atoms with Crippen molar-refractivity contribution in [2.45, 2.75) is 6.42 Å². The number of likely N-dealkylation sites (N-methyl/N-ethyl adjacent to an activating group) is 1. The first-order valence-electron chi connectivity index (χ1n) is 3.90. The molecule has 70 valence electrons. The highest BCUT2D eigenvalue weighted by atomic mass is 16.5. The van der Waals surface area contributed by atoms with Gasteiger partial charge >= 0.3 is 0 Å². The minimum atomic E-state index is 0.281. The number of aliphatic imine (C=N–C) groups is 1. The van der Waals surface area contributed by atoms with E-state index < -0.39 is 0 Å². The van der Waals surface area contributed by atoms with Crippen LogP contribution in [0.5, 0.6) is 0 Å². The van der Waals surface area contributed by atoms with Gasteiger partial charge in [-0.2, -0.15) is 0 Å². The van der Waals surface area contributed by atoms with Crippen molar-refractivity contribution in [3.63, 3.8) is 0 Å². The lowest BCUT2D eigenvalue weighted by Crippen LogP contribution is -2.14. The molecule has 1 aromatic rings. The average Bonchev–Trinajstić information content (AvgIpc) is 2.50. The largest absolute Gasteiger partial charge is 0.359 e. The summed E-state index contributed by atoms with van der Waals surface area (Å²) in [6.07, 6.45) is 2.16. The quantitative estimate of drug-likeness (QED) is 0.508. The van der Waals surface area contributed by atoms with Crippen molar-refractivity contribution in [1.29, 1.82) is 0 Å². The van der Waals surface area contributed by atoms with E-state index in [1.807, 2.05) is 19.0 Å². The second-order valence-electron chi connectivity index (χ2n) is 2.91. The number of rotatable bonds is 4. The fourth-order valence-electron chi connectivity index (χ4n) is 0.853. The zero-order chi connectivity index (χ0) is 9.68. The maximum Gasteiger partial charge on any atom is 0.242 e. The van der Waals surface area contributed by atoms with Crippen molar-refractivity contribution < 1.29 is 9.32 Å². The van der Waals surface area contributed by atoms with Gasteiger partial charge in [-0.15, -0.1) is 4.99 Å². The third-order valence-corrected chi connectivity index (χ3v) is 1.51. The van der Waals surface area contributed by atoms with Crippen LogP contribution in [-0.2, 0) is 11.2 Å². The number of hydrogen-bond donors (Lipinski definition) is 0. The summed E-state index contributed by atoms with van der Waals surface area (Å²) >= 11 is 0. The summed E-state index contributed by atoms with van der Waals surface area (Å²) in [5.41, 5.74) is 0. The fourth-order valence-corrected chi connectivity index (χ4v) is 0.853. The summed E-state index contributed by atoms with van der Waals surface area (Å²) in [5, 5.41) is 3.56. The van der Waals surface area contributed by atoms with E-state index in [2.05, 4.69) is 10.1 Å². The Hall–Kier alpha value is -1.45. The van der Waals surface area contributed by atoms with Gasteiger partial charge in [0.2, 0.25) is 11.9 Å². The van der Waals surface area contributed by atoms with Crippen LogP contribution in [0.25, 0.3) is 0 Å². The van der Waals surface area contributed by atoms with E-state index in [4.69, 9.17) is 4.52 Å². The number of carbonyl (C=O) groups excluding carboxylic acids is 1. The molecule has 0 aromatic carbocycles. The van der Waals surface area contributed by atoms with Gasteiger partial charge in [-0.05, 0) is 14.1 Å². The highest BCUT2D eigenvalue weighted by molar-refractivity contribution is 5.43. The van der Waals surface area contributed by atoms with Gasteiger partial charge in [0.1, 0.15) is 5.76 Å². The number of isocyanates is 1. The molecule has 0 spiro atoms. The highest BCUT2D eigenvalue weighted by Gasteiger charge is 2.02. The van der Waals surface area contributed by atoms with E-state index in [0.717, 1.165) is 18.7 Å². The average molecular weight is 181 g/mol. The third-order valence-electron chi connectivity index (χ3n) is 1.51. The zero-order valence-electron chi connectivity index (χ0n) is 7.65. The molecule has 0 fully saturated rings. The van der Waals surface area contributed by atoms with Crippen LogP contribution in [0.1, 0.15) is 5.76 Å². The van der Waals surface area contributed by atoms with Crippen molar-refractivity contribution in [3.8, 4) is 0 Å². The monoisotopic (exact) mass is 181 g/mol. The molecule has 5 heteroatoms. The summed E-state index contributed by atoms with van der Waals surface area (Å²) in [6, 6.07) is 1.63. The molecular weight excluding hydrogens is 170 g/mol. The fraction of sp³-hybridized carbons (Fsp3) is 0.500. The maximum atomic E-state index is 9.87. The number of nitrogens with zero attached hydrogens (tertiary/aromatic N) is 3. The molecule has 0 aliphatic heterocycles. The Balaban J connectivity index is 2.53. The molecule has 0 amide bonds. The van der Waals surface area contributed by atoms with Gasteiger partial charge in [-0.1, -0.05) is 5.16 Å². The normalized spacial score (nSPS) is 10.1. The van der Waals surface area contributed by atoms with Gasteiger partial charge in [-0.25, -0.2) is 4.79 Å². The second-order valence-corrected chi connectivity index (χ2v) is 2.91. The topological polar surface area (TPSA) is 58.7 Å². The molecule has 0 radical (unpaired) electrons. The summed E-state index contributed by atoms with van der Waals surface area (Å²) in [7, 11) is 3.95. The van der Waals surface area contributed by atoms with E-state index in [1.165, 1.54) is 6.08 Å². The van der Waals surface area contributed by atoms with Crippen LogP contribution in [-0.4, -0.2) is 36.8 Å². The van der Waals surface area contributed by atoms with Gasteiger partial charge in [-0.3, -0.25) is 0 Å². The van der Waals surface area contributed by atoms with Crippen molar-refractivity contribution in [2.24, 2.45) is 4.99 Å². The summed E-state index contributed by atoms with van der Waals surface area (Å²) < 4.78 is 4.92. The SMILES string of the molecule is CN(C)CCc1cc(N=C=O)no1. The minimum Gasteiger partial charge on any atom is -0.359 e. The maximum absolute atomic E-state index is 9.87. The zero-order valence-corrected chi connectivity index (χ0v) is 7.65. The lowest BCUT2D eigenvalue weighted by Gasteiger charge is -2.05. The molecule has 1 aromatic heterocycles. The molecule has 1 heterocycles. The van der Waals surface area contributed by atoms with Gasteiger partial charge < -0.3 is 9.42 Å². The Morgan fingerprint density at radius 1 is 1.69 bits per heavy atom. The van der Waals surface area contributed by atoms with Crippen molar-refractivity contribution in [3.05, 3.63) is 11.8 Å². The van der Waals surface area contributed by atoms with E-state index in [0.29, 0.717) is 0 Å². The summed E-state index contributed by atoms with van der Waals surface area (Å²) in [5.74, 6) is 1.01. The lowest BCUT2D eigenvalue weighted by molar-refractivity contribution is 0.350. The third kappa shape index (κ3) is 3.19. The van der Waals surface area contributed by atoms with Crippen molar-refractivity contribution >= 4 is 11.9 Å². The Morgan fingerprint density at radius 3 is 3.08 bits per heavy atom. The molecule has 5 nitrogen and oxygen atoms in total. The van der Waals surface area contributed by atoms with E-state index in [1.54, 1.807) is 6.07 Å². The first-order chi connectivity index (χ1) is 6.22. The molecule has 0 aliphatic rings. The molecule has 0 unspecified atom stereocenters. The van der Waals surface area contributed by atoms with E-state index in [9.17, 15) is 4.79 Å². The molecule has 0 atom stereocenters. The predicted molar refractivity (Wildman–Crippen MR) is 46.5 cm³/mol. The Morgan fingerprint density at radius 2 is 2.46 bits per heavy atom. The van der Waals surface area contributed by atoms with Gasteiger partial charge in [0, 0.05) is 19.0 Å². The van der Waals surface area contributed by atoms with E-state index in [-0.39, 0.29) is 5.82 Å². The number of hydrogen-bond acceptors (Lipinski definition) is 5. The second kappa shape index (κ2) is 4.54. The summed E-state index contributed by atoms with van der Waals surface area (Å²) in [6.45, 7) is 0.874. The van der Waals surface area contributed by atoms with Crippen LogP contribution < -0.4 is 0 Å². The van der Waals surface area contributed by atoms with Crippen LogP contribution in [0.15, 0.2) is 15.6 Å². The first-order valence-corrected chi connectivity index (χ1v) is 3.90. The Labute approximate surface area is 76.0 Å². The van der Waals surface area contributed by atoms with Crippen LogP contribution in [0, 0.1) is 0 Å². The van der Waals surface area contributed by atoms with Gasteiger partial charge in [0.25, 0.3) is 0 Å². The predicted octanol–water partition coefficient (Wildman–Crippen LogP) is 0.746.